The van der Waals surface area contributed by atoms with Gasteiger partial charge in [0.25, 0.3) is 0 Å². The van der Waals surface area contributed by atoms with Gasteiger partial charge in [0.05, 0.1) is 0 Å². The van der Waals surface area contributed by atoms with Crippen LogP contribution in [-0.2, 0) is 0 Å². The van der Waals surface area contributed by atoms with Crippen molar-refractivity contribution in [3.63, 3.8) is 0 Å². The zero-order valence-electron chi connectivity index (χ0n) is 10.7. The second kappa shape index (κ2) is 12.9. The minimum absolute atomic E-state index is 1.00. The summed E-state index contributed by atoms with van der Waals surface area (Å²) in [5, 5.41) is 7.00. The summed E-state index contributed by atoms with van der Waals surface area (Å²) < 4.78 is 0. The molecule has 0 spiro atoms. The van der Waals surface area contributed by atoms with E-state index in [1.54, 1.807) is 0 Å². The van der Waals surface area contributed by atoms with Gasteiger partial charge in [0.2, 0.25) is 0 Å². The Hall–Kier alpha value is -0.0800. The number of hydrogen-bond acceptors (Lipinski definition) is 2. The Labute approximate surface area is 90.3 Å². The first kappa shape index (κ1) is 16.4. The van der Waals surface area contributed by atoms with Gasteiger partial charge in [0.15, 0.2) is 0 Å². The van der Waals surface area contributed by atoms with E-state index in [0.29, 0.717) is 0 Å². The van der Waals surface area contributed by atoms with E-state index in [2.05, 4.69) is 18.9 Å². The molecule has 1 aliphatic rings. The van der Waals surface area contributed by atoms with Crippen molar-refractivity contribution in [3.05, 3.63) is 0 Å². The molecule has 88 valence electrons. The molecule has 0 aliphatic carbocycles. The molecule has 1 heterocycles. The molecule has 1 fully saturated rings. The van der Waals surface area contributed by atoms with Crippen molar-refractivity contribution < 1.29 is 5.11 Å². The second-order valence-corrected chi connectivity index (χ2v) is 3.54. The van der Waals surface area contributed by atoms with Gasteiger partial charge in [0.1, 0.15) is 0 Å². The Morgan fingerprint density at radius 2 is 1.57 bits per heavy atom. The van der Waals surface area contributed by atoms with E-state index in [4.69, 9.17) is 5.11 Å². The molecule has 0 aromatic heterocycles. The van der Waals surface area contributed by atoms with Crippen molar-refractivity contribution in [1.29, 1.82) is 0 Å². The maximum atomic E-state index is 7.00. The highest BCUT2D eigenvalue weighted by molar-refractivity contribution is 4.68. The molecular formula is C12H29NO. The molecule has 1 saturated heterocycles. The number of hydrogen-bond donors (Lipinski definition) is 1. The van der Waals surface area contributed by atoms with Gasteiger partial charge in [0, 0.05) is 7.11 Å². The van der Waals surface area contributed by atoms with Gasteiger partial charge in [-0.25, -0.2) is 0 Å². The summed E-state index contributed by atoms with van der Waals surface area (Å²) in [6.07, 6.45) is 5.69. The van der Waals surface area contributed by atoms with Gasteiger partial charge < -0.3 is 10.0 Å². The highest BCUT2D eigenvalue weighted by Crippen LogP contribution is 2.20. The zero-order valence-corrected chi connectivity index (χ0v) is 10.7. The van der Waals surface area contributed by atoms with Crippen LogP contribution in [0.5, 0.6) is 0 Å². The van der Waals surface area contributed by atoms with E-state index in [1.807, 2.05) is 13.8 Å². The van der Waals surface area contributed by atoms with Gasteiger partial charge in [-0.15, -0.1) is 0 Å². The molecule has 0 amide bonds. The summed E-state index contributed by atoms with van der Waals surface area (Å²) in [5.74, 6) is 1.04. The molecule has 2 heteroatoms. The predicted molar refractivity (Wildman–Crippen MR) is 64.6 cm³/mol. The van der Waals surface area contributed by atoms with E-state index in [0.717, 1.165) is 13.0 Å². The second-order valence-electron chi connectivity index (χ2n) is 3.54. The molecule has 0 radical (unpaired) electrons. The summed E-state index contributed by atoms with van der Waals surface area (Å²) >= 11 is 0. The summed E-state index contributed by atoms with van der Waals surface area (Å²) in [5.41, 5.74) is 0. The molecule has 0 aromatic carbocycles. The first-order chi connectivity index (χ1) is 6.83. The van der Waals surface area contributed by atoms with Crippen LogP contribution in [0.2, 0.25) is 0 Å². The van der Waals surface area contributed by atoms with Crippen LogP contribution in [-0.4, -0.2) is 37.3 Å². The van der Waals surface area contributed by atoms with Gasteiger partial charge in [-0.1, -0.05) is 33.6 Å². The fourth-order valence-corrected chi connectivity index (χ4v) is 1.76. The molecule has 0 atom stereocenters. The number of piperidine rings is 1. The van der Waals surface area contributed by atoms with Crippen LogP contribution in [0.25, 0.3) is 0 Å². The van der Waals surface area contributed by atoms with Crippen LogP contribution in [0, 0.1) is 5.92 Å². The summed E-state index contributed by atoms with van der Waals surface area (Å²) in [6, 6.07) is 0. The van der Waals surface area contributed by atoms with Crippen LogP contribution in [0.15, 0.2) is 0 Å². The lowest BCUT2D eigenvalue weighted by molar-refractivity contribution is 0.211. The molecule has 0 unspecified atom stereocenters. The molecule has 1 rings (SSSR count). The lowest BCUT2D eigenvalue weighted by Gasteiger charge is -2.28. The van der Waals surface area contributed by atoms with Crippen molar-refractivity contribution in [3.8, 4) is 0 Å². The molecule has 0 saturated carbocycles. The third-order valence-corrected chi connectivity index (χ3v) is 2.54. The average Bonchev–Trinajstić information content (AvgIpc) is 2.28. The Morgan fingerprint density at radius 1 is 1.14 bits per heavy atom. The zero-order chi connectivity index (χ0) is 11.4. The standard InChI is InChI=1S/C9H19N.C2H6.CH4O/c1-3-4-9-5-7-10(2)8-6-9;2*1-2/h9H,3-8H2,1-2H3;1-2H3;2H,1H3. The average molecular weight is 203 g/mol. The van der Waals surface area contributed by atoms with Crippen molar-refractivity contribution in [2.24, 2.45) is 5.92 Å². The molecule has 2 nitrogen and oxygen atoms in total. The number of aliphatic hydroxyl groups is 1. The molecule has 1 aliphatic heterocycles. The Kier molecular flexibility index (Phi) is 15.1. The fourth-order valence-electron chi connectivity index (χ4n) is 1.76. The summed E-state index contributed by atoms with van der Waals surface area (Å²) in [4.78, 5) is 2.44. The highest BCUT2D eigenvalue weighted by atomic mass is 16.2. The normalized spacial score (nSPS) is 17.6. The fraction of sp³-hybridized carbons (Fsp3) is 1.00. The Balaban J connectivity index is 0. The van der Waals surface area contributed by atoms with Crippen LogP contribution >= 0.6 is 0 Å². The van der Waals surface area contributed by atoms with Crippen molar-refractivity contribution in [1.82, 2.24) is 4.90 Å². The lowest BCUT2D eigenvalue weighted by Crippen LogP contribution is -2.29. The third kappa shape index (κ3) is 8.52. The lowest BCUT2D eigenvalue weighted by atomic mass is 9.93. The van der Waals surface area contributed by atoms with Gasteiger partial charge in [-0.2, -0.15) is 0 Å². The first-order valence-corrected chi connectivity index (χ1v) is 5.96. The number of likely N-dealkylation sites (tertiary alicyclic amines) is 1. The minimum atomic E-state index is 1.00. The summed E-state index contributed by atoms with van der Waals surface area (Å²) in [6.45, 7) is 8.94. The van der Waals surface area contributed by atoms with Crippen molar-refractivity contribution >= 4 is 0 Å². The smallest absolute Gasteiger partial charge is 0.0319 e. The van der Waals surface area contributed by atoms with Crippen LogP contribution in [0.1, 0.15) is 46.5 Å². The van der Waals surface area contributed by atoms with Crippen molar-refractivity contribution in [2.75, 3.05) is 27.2 Å². The van der Waals surface area contributed by atoms with E-state index in [1.165, 1.54) is 38.8 Å². The minimum Gasteiger partial charge on any atom is -0.400 e. The Morgan fingerprint density at radius 3 is 1.93 bits per heavy atom. The van der Waals surface area contributed by atoms with E-state index in [9.17, 15) is 0 Å². The topological polar surface area (TPSA) is 23.5 Å². The van der Waals surface area contributed by atoms with Gasteiger partial charge in [-0.3, -0.25) is 0 Å². The quantitative estimate of drug-likeness (QED) is 0.746. The third-order valence-electron chi connectivity index (χ3n) is 2.54. The molecular weight excluding hydrogens is 174 g/mol. The van der Waals surface area contributed by atoms with Crippen LogP contribution in [0.3, 0.4) is 0 Å². The van der Waals surface area contributed by atoms with Crippen LogP contribution in [0.4, 0.5) is 0 Å². The van der Waals surface area contributed by atoms with Crippen LogP contribution < -0.4 is 0 Å². The van der Waals surface area contributed by atoms with E-state index >= 15 is 0 Å². The summed E-state index contributed by atoms with van der Waals surface area (Å²) in [7, 11) is 3.22. The number of nitrogens with zero attached hydrogens (tertiary/aromatic N) is 1. The maximum absolute atomic E-state index is 7.00. The predicted octanol–water partition coefficient (Wildman–Crippen LogP) is 2.76. The molecule has 1 N–H and O–H groups in total. The van der Waals surface area contributed by atoms with E-state index < -0.39 is 0 Å². The van der Waals surface area contributed by atoms with Gasteiger partial charge >= 0.3 is 0 Å². The monoisotopic (exact) mass is 203 g/mol. The highest BCUT2D eigenvalue weighted by Gasteiger charge is 2.14. The molecule has 14 heavy (non-hydrogen) atoms. The largest absolute Gasteiger partial charge is 0.400 e. The van der Waals surface area contributed by atoms with Gasteiger partial charge in [-0.05, 0) is 38.9 Å². The van der Waals surface area contributed by atoms with Crippen molar-refractivity contribution in [2.45, 2.75) is 46.5 Å². The van der Waals surface area contributed by atoms with E-state index in [-0.39, 0.29) is 0 Å². The SMILES string of the molecule is CC.CCCC1CCN(C)CC1.CO. The number of rotatable bonds is 2. The molecule has 0 aromatic rings. The molecule has 0 bridgehead atoms. The Bertz CT molecular complexity index is 88.3. The first-order valence-electron chi connectivity index (χ1n) is 5.96. The number of aliphatic hydroxyl groups excluding tert-OH is 1. The maximum Gasteiger partial charge on any atom is 0.0319 e.